The SMILES string of the molecule is C=CCC(N)OCCC(=O)OCC. The van der Waals surface area contributed by atoms with Crippen LogP contribution in [0.2, 0.25) is 0 Å². The first-order valence-electron chi connectivity index (χ1n) is 4.34. The molecule has 4 heteroatoms. The molecule has 0 fully saturated rings. The zero-order valence-corrected chi connectivity index (χ0v) is 7.99. The first-order chi connectivity index (χ1) is 6.20. The van der Waals surface area contributed by atoms with E-state index in [-0.39, 0.29) is 18.6 Å². The average molecular weight is 187 g/mol. The molecule has 0 rings (SSSR count). The Balaban J connectivity index is 3.33. The topological polar surface area (TPSA) is 61.5 Å². The van der Waals surface area contributed by atoms with Crippen LogP contribution >= 0.6 is 0 Å². The maximum Gasteiger partial charge on any atom is 0.308 e. The molecule has 0 spiro atoms. The van der Waals surface area contributed by atoms with Crippen LogP contribution in [0.25, 0.3) is 0 Å². The zero-order valence-electron chi connectivity index (χ0n) is 7.99. The highest BCUT2D eigenvalue weighted by Gasteiger charge is 2.03. The van der Waals surface area contributed by atoms with Gasteiger partial charge in [-0.05, 0) is 6.92 Å². The Morgan fingerprint density at radius 1 is 1.69 bits per heavy atom. The van der Waals surface area contributed by atoms with Crippen molar-refractivity contribution in [2.45, 2.75) is 26.0 Å². The summed E-state index contributed by atoms with van der Waals surface area (Å²) in [5, 5.41) is 0. The van der Waals surface area contributed by atoms with Crippen LogP contribution in [0.1, 0.15) is 19.8 Å². The number of ether oxygens (including phenoxy) is 2. The Morgan fingerprint density at radius 3 is 2.92 bits per heavy atom. The third-order valence-electron chi connectivity index (χ3n) is 1.34. The fourth-order valence-corrected chi connectivity index (χ4v) is 0.759. The summed E-state index contributed by atoms with van der Waals surface area (Å²) in [5.41, 5.74) is 5.50. The van der Waals surface area contributed by atoms with Gasteiger partial charge in [0.15, 0.2) is 0 Å². The van der Waals surface area contributed by atoms with E-state index in [2.05, 4.69) is 6.58 Å². The lowest BCUT2D eigenvalue weighted by molar-refractivity contribution is -0.144. The minimum absolute atomic E-state index is 0.249. The molecule has 0 aromatic heterocycles. The van der Waals surface area contributed by atoms with Gasteiger partial charge in [0.2, 0.25) is 0 Å². The highest BCUT2D eigenvalue weighted by atomic mass is 16.5. The highest BCUT2D eigenvalue weighted by molar-refractivity contribution is 5.69. The lowest BCUT2D eigenvalue weighted by atomic mass is 10.4. The molecule has 1 atom stereocenters. The monoisotopic (exact) mass is 187 g/mol. The Morgan fingerprint density at radius 2 is 2.38 bits per heavy atom. The van der Waals surface area contributed by atoms with Crippen LogP contribution in [0.5, 0.6) is 0 Å². The van der Waals surface area contributed by atoms with Crippen molar-refractivity contribution in [3.63, 3.8) is 0 Å². The van der Waals surface area contributed by atoms with Crippen molar-refractivity contribution < 1.29 is 14.3 Å². The Labute approximate surface area is 78.7 Å². The molecule has 0 bridgehead atoms. The van der Waals surface area contributed by atoms with Gasteiger partial charge in [-0.25, -0.2) is 0 Å². The first kappa shape index (κ1) is 12.1. The molecular weight excluding hydrogens is 170 g/mol. The van der Waals surface area contributed by atoms with E-state index in [1.807, 2.05) is 0 Å². The van der Waals surface area contributed by atoms with Gasteiger partial charge in [0.1, 0.15) is 6.23 Å². The van der Waals surface area contributed by atoms with Crippen molar-refractivity contribution in [2.75, 3.05) is 13.2 Å². The van der Waals surface area contributed by atoms with Crippen LogP contribution in [-0.2, 0) is 14.3 Å². The molecule has 0 saturated carbocycles. The first-order valence-corrected chi connectivity index (χ1v) is 4.34. The van der Waals surface area contributed by atoms with Gasteiger partial charge in [-0.15, -0.1) is 6.58 Å². The molecule has 4 nitrogen and oxygen atoms in total. The van der Waals surface area contributed by atoms with Crippen LogP contribution in [0, 0.1) is 0 Å². The summed E-state index contributed by atoms with van der Waals surface area (Å²) in [6, 6.07) is 0. The van der Waals surface area contributed by atoms with Crippen molar-refractivity contribution in [3.05, 3.63) is 12.7 Å². The van der Waals surface area contributed by atoms with E-state index in [1.54, 1.807) is 13.0 Å². The van der Waals surface area contributed by atoms with Crippen LogP contribution in [0.4, 0.5) is 0 Å². The van der Waals surface area contributed by atoms with Crippen molar-refractivity contribution in [3.8, 4) is 0 Å². The smallest absolute Gasteiger partial charge is 0.308 e. The second-order valence-corrected chi connectivity index (χ2v) is 2.49. The number of carbonyl (C=O) groups excluding carboxylic acids is 1. The molecule has 0 aliphatic rings. The van der Waals surface area contributed by atoms with Crippen molar-refractivity contribution >= 4 is 5.97 Å². The third kappa shape index (κ3) is 7.49. The summed E-state index contributed by atoms with van der Waals surface area (Å²) in [5.74, 6) is -0.256. The van der Waals surface area contributed by atoms with Crippen LogP contribution in [0.3, 0.4) is 0 Å². The molecule has 2 N–H and O–H groups in total. The Hall–Kier alpha value is -0.870. The number of hydrogen-bond donors (Lipinski definition) is 1. The molecule has 0 amide bonds. The Bertz CT molecular complexity index is 159. The zero-order chi connectivity index (χ0) is 10.1. The molecular formula is C9H17NO3. The van der Waals surface area contributed by atoms with E-state index in [4.69, 9.17) is 15.2 Å². The third-order valence-corrected chi connectivity index (χ3v) is 1.34. The minimum Gasteiger partial charge on any atom is -0.466 e. The van der Waals surface area contributed by atoms with Gasteiger partial charge >= 0.3 is 5.97 Å². The predicted octanol–water partition coefficient (Wildman–Crippen LogP) is 0.817. The van der Waals surface area contributed by atoms with Gasteiger partial charge in [0, 0.05) is 6.42 Å². The molecule has 0 aromatic rings. The van der Waals surface area contributed by atoms with Crippen LogP contribution < -0.4 is 5.73 Å². The van der Waals surface area contributed by atoms with E-state index >= 15 is 0 Å². The van der Waals surface area contributed by atoms with Crippen molar-refractivity contribution in [2.24, 2.45) is 5.73 Å². The number of nitrogens with two attached hydrogens (primary N) is 1. The van der Waals surface area contributed by atoms with Crippen LogP contribution in [-0.4, -0.2) is 25.4 Å². The van der Waals surface area contributed by atoms with Gasteiger partial charge in [0.25, 0.3) is 0 Å². The highest BCUT2D eigenvalue weighted by Crippen LogP contribution is 1.94. The molecule has 76 valence electrons. The van der Waals surface area contributed by atoms with E-state index in [0.717, 1.165) is 0 Å². The molecule has 0 aliphatic carbocycles. The van der Waals surface area contributed by atoms with Gasteiger partial charge in [-0.3, -0.25) is 4.79 Å². The average Bonchev–Trinajstić information content (AvgIpc) is 2.05. The number of hydrogen-bond acceptors (Lipinski definition) is 4. The summed E-state index contributed by atoms with van der Waals surface area (Å²) in [6.07, 6.45) is 2.14. The van der Waals surface area contributed by atoms with E-state index < -0.39 is 0 Å². The molecule has 0 aromatic carbocycles. The second-order valence-electron chi connectivity index (χ2n) is 2.49. The summed E-state index contributed by atoms with van der Waals surface area (Å²) in [7, 11) is 0. The summed E-state index contributed by atoms with van der Waals surface area (Å²) in [6.45, 7) is 5.99. The van der Waals surface area contributed by atoms with E-state index in [0.29, 0.717) is 19.6 Å². The molecule has 0 saturated heterocycles. The molecule has 0 aliphatic heterocycles. The lowest BCUT2D eigenvalue weighted by Gasteiger charge is -2.09. The maximum atomic E-state index is 10.8. The fourth-order valence-electron chi connectivity index (χ4n) is 0.759. The number of esters is 1. The normalized spacial score (nSPS) is 12.2. The summed E-state index contributed by atoms with van der Waals surface area (Å²) in [4.78, 5) is 10.8. The van der Waals surface area contributed by atoms with Crippen molar-refractivity contribution in [1.82, 2.24) is 0 Å². The van der Waals surface area contributed by atoms with E-state index in [1.165, 1.54) is 0 Å². The Kier molecular flexibility index (Phi) is 7.24. The number of rotatable bonds is 7. The fraction of sp³-hybridized carbons (Fsp3) is 0.667. The predicted molar refractivity (Wildman–Crippen MR) is 50.0 cm³/mol. The van der Waals surface area contributed by atoms with Gasteiger partial charge in [0.05, 0.1) is 19.6 Å². The summed E-state index contributed by atoms with van der Waals surface area (Å²) < 4.78 is 9.81. The lowest BCUT2D eigenvalue weighted by Crippen LogP contribution is -2.24. The van der Waals surface area contributed by atoms with Crippen LogP contribution in [0.15, 0.2) is 12.7 Å². The molecule has 0 radical (unpaired) electrons. The molecule has 1 unspecified atom stereocenters. The van der Waals surface area contributed by atoms with Crippen molar-refractivity contribution in [1.29, 1.82) is 0 Å². The quantitative estimate of drug-likeness (QED) is 0.364. The minimum atomic E-state index is -0.369. The summed E-state index contributed by atoms with van der Waals surface area (Å²) >= 11 is 0. The standard InChI is InChI=1S/C9H17NO3/c1-3-5-8(10)13-7-6-9(11)12-4-2/h3,8H,1,4-7,10H2,2H3. The van der Waals surface area contributed by atoms with Gasteiger partial charge in [-0.2, -0.15) is 0 Å². The largest absolute Gasteiger partial charge is 0.466 e. The number of carbonyl (C=O) groups is 1. The van der Waals surface area contributed by atoms with Gasteiger partial charge < -0.3 is 15.2 Å². The second kappa shape index (κ2) is 7.76. The van der Waals surface area contributed by atoms with E-state index in [9.17, 15) is 4.79 Å². The molecule has 0 heterocycles. The van der Waals surface area contributed by atoms with Gasteiger partial charge in [-0.1, -0.05) is 6.08 Å². The molecule has 13 heavy (non-hydrogen) atoms. The maximum absolute atomic E-state index is 10.8.